The van der Waals surface area contributed by atoms with Gasteiger partial charge in [0.2, 0.25) is 5.91 Å². The molecule has 0 fully saturated rings. The van der Waals surface area contributed by atoms with Gasteiger partial charge in [-0.1, -0.05) is 30.3 Å². The number of sulfone groups is 1. The zero-order valence-corrected chi connectivity index (χ0v) is 22.7. The lowest BCUT2D eigenvalue weighted by Gasteiger charge is -2.35. The number of aromatic nitrogens is 2. The number of nitrogens with one attached hydrogen (secondary N) is 2. The summed E-state index contributed by atoms with van der Waals surface area (Å²) in [4.78, 5) is 26.1. The monoisotopic (exact) mass is 594 g/mol. The zero-order chi connectivity index (χ0) is 29.6. The summed E-state index contributed by atoms with van der Waals surface area (Å²) in [5.74, 6) is -3.32. The van der Waals surface area contributed by atoms with Crippen LogP contribution < -0.4 is 15.4 Å². The van der Waals surface area contributed by atoms with E-state index in [1.54, 1.807) is 0 Å². The van der Waals surface area contributed by atoms with Gasteiger partial charge in [0.05, 0.1) is 11.2 Å². The van der Waals surface area contributed by atoms with E-state index in [9.17, 15) is 31.2 Å². The highest BCUT2D eigenvalue weighted by atomic mass is 32.2. The molecule has 14 heteroatoms. The molecule has 2 N–H and O–H groups in total. The fourth-order valence-corrected chi connectivity index (χ4v) is 6.00. The van der Waals surface area contributed by atoms with Gasteiger partial charge in [-0.25, -0.2) is 17.5 Å². The van der Waals surface area contributed by atoms with Crippen molar-refractivity contribution in [1.82, 2.24) is 15.1 Å². The SMILES string of the molecule is CS(=O)(=O)CC(=O)Nc1c2c(nn1CCc1ccccc1)C[C@]1(CCc3cc(OCC(F)(F)F)cc(F)c31)NC2=O. The van der Waals surface area contributed by atoms with E-state index in [2.05, 4.69) is 15.7 Å². The molecule has 5 rings (SSSR count). The van der Waals surface area contributed by atoms with Crippen molar-refractivity contribution in [3.8, 4) is 5.75 Å². The van der Waals surface area contributed by atoms with Crippen LogP contribution in [0.15, 0.2) is 42.5 Å². The van der Waals surface area contributed by atoms with Crippen molar-refractivity contribution in [3.63, 3.8) is 0 Å². The molecule has 0 saturated carbocycles. The topological polar surface area (TPSA) is 119 Å². The summed E-state index contributed by atoms with van der Waals surface area (Å²) in [6.07, 6.45) is -2.60. The maximum absolute atomic E-state index is 15.4. The average molecular weight is 595 g/mol. The number of carbonyl (C=O) groups is 2. The van der Waals surface area contributed by atoms with E-state index in [0.717, 1.165) is 17.9 Å². The molecule has 1 aromatic heterocycles. The van der Waals surface area contributed by atoms with Crippen LogP contribution >= 0.6 is 0 Å². The number of carbonyl (C=O) groups excluding carboxylic acids is 2. The van der Waals surface area contributed by atoms with Crippen LogP contribution in [0.25, 0.3) is 0 Å². The van der Waals surface area contributed by atoms with Gasteiger partial charge in [-0.05, 0) is 36.5 Å². The summed E-state index contributed by atoms with van der Waals surface area (Å²) in [6, 6.07) is 11.6. The Bertz CT molecular complexity index is 1620. The Balaban J connectivity index is 1.48. The second kappa shape index (κ2) is 10.5. The van der Waals surface area contributed by atoms with Crippen molar-refractivity contribution in [2.75, 3.05) is 23.9 Å². The van der Waals surface area contributed by atoms with Crippen LogP contribution in [-0.4, -0.2) is 54.8 Å². The molecule has 2 aliphatic rings. The van der Waals surface area contributed by atoms with E-state index >= 15 is 4.39 Å². The maximum Gasteiger partial charge on any atom is 0.422 e. The zero-order valence-electron chi connectivity index (χ0n) is 21.8. The molecular formula is C27H26F4N4O5S. The average Bonchev–Trinajstić information content (AvgIpc) is 3.38. The first-order valence-electron chi connectivity index (χ1n) is 12.7. The van der Waals surface area contributed by atoms with E-state index in [1.165, 1.54) is 10.7 Å². The van der Waals surface area contributed by atoms with Gasteiger partial charge in [0.15, 0.2) is 16.4 Å². The van der Waals surface area contributed by atoms with Crippen LogP contribution in [0.2, 0.25) is 0 Å². The highest BCUT2D eigenvalue weighted by Gasteiger charge is 2.48. The summed E-state index contributed by atoms with van der Waals surface area (Å²) >= 11 is 0. The van der Waals surface area contributed by atoms with Crippen LogP contribution in [0.1, 0.15) is 39.2 Å². The van der Waals surface area contributed by atoms with Crippen molar-refractivity contribution in [2.45, 2.75) is 43.9 Å². The number of aryl methyl sites for hydroxylation is 3. The Kier molecular flexibility index (Phi) is 7.30. The van der Waals surface area contributed by atoms with Gasteiger partial charge in [0, 0.05) is 30.9 Å². The third-order valence-electron chi connectivity index (χ3n) is 7.03. The molecule has 0 saturated heterocycles. The molecule has 2 aromatic carbocycles. The number of benzene rings is 2. The van der Waals surface area contributed by atoms with Gasteiger partial charge in [-0.3, -0.25) is 9.59 Å². The van der Waals surface area contributed by atoms with Crippen LogP contribution in [0.5, 0.6) is 5.75 Å². The maximum atomic E-state index is 15.4. The number of rotatable bonds is 8. The lowest BCUT2D eigenvalue weighted by molar-refractivity contribution is -0.153. The minimum atomic E-state index is -4.59. The Morgan fingerprint density at radius 3 is 2.63 bits per heavy atom. The molecule has 0 unspecified atom stereocenters. The van der Waals surface area contributed by atoms with E-state index < -0.39 is 51.5 Å². The second-order valence-electron chi connectivity index (χ2n) is 10.3. The predicted octanol–water partition coefficient (Wildman–Crippen LogP) is 3.32. The van der Waals surface area contributed by atoms with Crippen molar-refractivity contribution < 1.29 is 40.3 Å². The van der Waals surface area contributed by atoms with Crippen LogP contribution in [-0.2, 0) is 46.0 Å². The first kappa shape index (κ1) is 28.6. The normalized spacial score (nSPS) is 18.1. The number of nitrogens with zero attached hydrogens (tertiary/aromatic N) is 2. The van der Waals surface area contributed by atoms with Gasteiger partial charge in [0.1, 0.15) is 28.7 Å². The third-order valence-corrected chi connectivity index (χ3v) is 7.81. The van der Waals surface area contributed by atoms with Crippen molar-refractivity contribution in [1.29, 1.82) is 0 Å². The number of hydrogen-bond acceptors (Lipinski definition) is 6. The smallest absolute Gasteiger partial charge is 0.422 e. The molecule has 1 aliphatic carbocycles. The van der Waals surface area contributed by atoms with Crippen LogP contribution in [0.3, 0.4) is 0 Å². The number of hydrogen-bond donors (Lipinski definition) is 2. The Morgan fingerprint density at radius 2 is 1.95 bits per heavy atom. The van der Waals surface area contributed by atoms with E-state index in [1.807, 2.05) is 30.3 Å². The Hall–Kier alpha value is -3.94. The number of ether oxygens (including phenoxy) is 1. The van der Waals surface area contributed by atoms with E-state index in [4.69, 9.17) is 4.74 Å². The second-order valence-corrected chi connectivity index (χ2v) is 12.4. The van der Waals surface area contributed by atoms with Gasteiger partial charge in [-0.15, -0.1) is 0 Å². The number of anilines is 1. The summed E-state index contributed by atoms with van der Waals surface area (Å²) in [5.41, 5.74) is 0.642. The molecule has 1 spiro atoms. The summed E-state index contributed by atoms with van der Waals surface area (Å²) < 4.78 is 82.7. The van der Waals surface area contributed by atoms with Crippen LogP contribution in [0.4, 0.5) is 23.4 Å². The molecule has 1 atom stereocenters. The molecule has 0 radical (unpaired) electrons. The first-order chi connectivity index (χ1) is 19.2. The third kappa shape index (κ3) is 6.21. The van der Waals surface area contributed by atoms with Gasteiger partial charge < -0.3 is 15.4 Å². The van der Waals surface area contributed by atoms with Crippen molar-refractivity contribution in [3.05, 3.63) is 76.2 Å². The van der Waals surface area contributed by atoms with Crippen LogP contribution in [0, 0.1) is 5.82 Å². The Morgan fingerprint density at radius 1 is 1.22 bits per heavy atom. The van der Waals surface area contributed by atoms with Gasteiger partial charge in [0.25, 0.3) is 5.91 Å². The molecule has 2 amide bonds. The van der Waals surface area contributed by atoms with E-state index in [0.29, 0.717) is 12.0 Å². The predicted molar refractivity (Wildman–Crippen MR) is 140 cm³/mol. The molecule has 1 aliphatic heterocycles. The molecular weight excluding hydrogens is 568 g/mol. The minimum absolute atomic E-state index is 0.0338. The lowest BCUT2D eigenvalue weighted by atomic mass is 9.82. The number of amides is 2. The molecule has 41 heavy (non-hydrogen) atoms. The van der Waals surface area contributed by atoms with E-state index in [-0.39, 0.29) is 54.2 Å². The molecule has 218 valence electrons. The standard InChI is InChI=1S/C27H26F4N4O5S/c1-41(38,39)14-21(36)32-24-22-20(34-35(24)10-8-16-5-3-2-4-6-16)13-26(33-25(22)37)9-7-17-11-18(12-19(28)23(17)26)40-15-27(29,30)31/h2-6,11-12H,7-10,13-15H2,1H3,(H,32,36)(H,33,37)/t26-/m0/s1. The minimum Gasteiger partial charge on any atom is -0.484 e. The van der Waals surface area contributed by atoms with Crippen molar-refractivity contribution in [2.24, 2.45) is 0 Å². The highest BCUT2D eigenvalue weighted by Crippen LogP contribution is 2.45. The lowest BCUT2D eigenvalue weighted by Crippen LogP contribution is -2.50. The quantitative estimate of drug-likeness (QED) is 0.387. The summed E-state index contributed by atoms with van der Waals surface area (Å²) in [6.45, 7) is -1.32. The number of alkyl halides is 3. The molecule has 0 bridgehead atoms. The van der Waals surface area contributed by atoms with Gasteiger partial charge in [-0.2, -0.15) is 18.3 Å². The number of halogens is 4. The number of fused-ring (bicyclic) bond motifs is 3. The molecule has 3 aromatic rings. The Labute approximate surface area is 232 Å². The largest absolute Gasteiger partial charge is 0.484 e. The van der Waals surface area contributed by atoms with Crippen molar-refractivity contribution >= 4 is 27.5 Å². The fraction of sp³-hybridized carbons (Fsp3) is 0.370. The summed E-state index contributed by atoms with van der Waals surface area (Å²) in [7, 11) is -3.66. The highest BCUT2D eigenvalue weighted by molar-refractivity contribution is 7.91. The first-order valence-corrected chi connectivity index (χ1v) is 14.8. The molecule has 9 nitrogen and oxygen atoms in total. The van der Waals surface area contributed by atoms with Gasteiger partial charge >= 0.3 is 6.18 Å². The summed E-state index contributed by atoms with van der Waals surface area (Å²) in [5, 5.41) is 9.95. The molecule has 2 heterocycles. The fourth-order valence-electron chi connectivity index (χ4n) is 5.45.